The molecule has 41 heavy (non-hydrogen) atoms. The van der Waals surface area contributed by atoms with Crippen LogP contribution in [0.15, 0.2) is 140 Å². The molecule has 6 aromatic carbocycles. The molecule has 0 radical (unpaired) electrons. The van der Waals surface area contributed by atoms with Crippen molar-refractivity contribution in [2.24, 2.45) is 0 Å². The highest BCUT2D eigenvalue weighted by Crippen LogP contribution is 2.36. The van der Waals surface area contributed by atoms with Gasteiger partial charge in [0.1, 0.15) is 0 Å². The first kappa shape index (κ1) is 24.9. The Kier molecular flexibility index (Phi) is 6.37. The lowest BCUT2D eigenvalue weighted by atomic mass is 9.98. The summed E-state index contributed by atoms with van der Waals surface area (Å²) in [6.45, 7) is 4.25. The molecule has 0 aliphatic rings. The van der Waals surface area contributed by atoms with Crippen molar-refractivity contribution in [2.45, 2.75) is 20.3 Å². The molecule has 2 heterocycles. The van der Waals surface area contributed by atoms with Crippen molar-refractivity contribution in [2.75, 3.05) is 0 Å². The number of nitrogens with one attached hydrogen (secondary N) is 1. The number of para-hydroxylation sites is 3. The van der Waals surface area contributed by atoms with E-state index in [0.717, 1.165) is 0 Å². The summed E-state index contributed by atoms with van der Waals surface area (Å²) < 4.78 is 2.36. The number of benzene rings is 6. The van der Waals surface area contributed by atoms with E-state index in [4.69, 9.17) is 0 Å². The van der Waals surface area contributed by atoms with Crippen molar-refractivity contribution < 1.29 is 1.43 Å². The van der Waals surface area contributed by atoms with Gasteiger partial charge in [-0.2, -0.15) is 0 Å². The quantitative estimate of drug-likeness (QED) is 0.234. The summed E-state index contributed by atoms with van der Waals surface area (Å²) in [5.41, 5.74) is 10.9. The van der Waals surface area contributed by atoms with Crippen LogP contribution in [0.3, 0.4) is 0 Å². The predicted octanol–water partition coefficient (Wildman–Crippen LogP) is 11.4. The summed E-state index contributed by atoms with van der Waals surface area (Å²) in [7, 11) is 0. The highest BCUT2D eigenvalue weighted by molar-refractivity contribution is 6.11. The molecule has 2 aromatic heterocycles. The second-order valence-electron chi connectivity index (χ2n) is 10.6. The van der Waals surface area contributed by atoms with Gasteiger partial charge in [-0.05, 0) is 64.7 Å². The van der Waals surface area contributed by atoms with Gasteiger partial charge in [-0.1, -0.05) is 117 Å². The van der Waals surface area contributed by atoms with Crippen molar-refractivity contribution in [3.63, 3.8) is 0 Å². The minimum absolute atomic E-state index is 0. The normalized spacial score (nSPS) is 11.3. The molecule has 8 aromatic rings. The number of hydrogen-bond acceptors (Lipinski definition) is 0. The summed E-state index contributed by atoms with van der Waals surface area (Å²) >= 11 is 0. The maximum absolute atomic E-state index is 3.57. The van der Waals surface area contributed by atoms with Gasteiger partial charge in [0.05, 0.1) is 11.0 Å². The highest BCUT2D eigenvalue weighted by atomic mass is 15.0. The molecule has 0 bridgehead atoms. The molecule has 8 rings (SSSR count). The van der Waals surface area contributed by atoms with E-state index in [1.807, 2.05) is 0 Å². The SMILES string of the molecule is CCC.[HH].c1ccc(-n2c3ccccc3c3cc(-c4ccc(-c5ccc6c(c5)[nH]c5ccccc56)cc4)ccc32)cc1. The van der Waals surface area contributed by atoms with Crippen LogP contribution in [-0.4, -0.2) is 9.55 Å². The van der Waals surface area contributed by atoms with Crippen LogP contribution in [0.25, 0.3) is 71.6 Å². The topological polar surface area (TPSA) is 20.7 Å². The van der Waals surface area contributed by atoms with Crippen LogP contribution in [0.4, 0.5) is 0 Å². The van der Waals surface area contributed by atoms with E-state index < -0.39 is 0 Å². The lowest BCUT2D eigenvalue weighted by molar-refractivity contribution is 1.09. The molecule has 0 spiro atoms. The maximum Gasteiger partial charge on any atom is 0.0541 e. The van der Waals surface area contributed by atoms with Crippen LogP contribution in [0, 0.1) is 0 Å². The molecule has 0 unspecified atom stereocenters. The molecule has 1 N–H and O–H groups in total. The van der Waals surface area contributed by atoms with Crippen LogP contribution in [0.2, 0.25) is 0 Å². The zero-order chi connectivity index (χ0) is 27.8. The smallest absolute Gasteiger partial charge is 0.0541 e. The van der Waals surface area contributed by atoms with Crippen molar-refractivity contribution in [3.8, 4) is 27.9 Å². The summed E-state index contributed by atoms with van der Waals surface area (Å²) in [6.07, 6.45) is 1.25. The maximum atomic E-state index is 3.57. The molecule has 200 valence electrons. The highest BCUT2D eigenvalue weighted by Gasteiger charge is 2.13. The molecular weight excluding hydrogens is 496 g/mol. The van der Waals surface area contributed by atoms with Crippen molar-refractivity contribution in [1.82, 2.24) is 9.55 Å². The fourth-order valence-electron chi connectivity index (χ4n) is 5.90. The Hall–Kier alpha value is -5.08. The van der Waals surface area contributed by atoms with Crippen LogP contribution in [0.5, 0.6) is 0 Å². The Morgan fingerprint density at radius 3 is 1.76 bits per heavy atom. The molecule has 2 nitrogen and oxygen atoms in total. The van der Waals surface area contributed by atoms with E-state index in [2.05, 4.69) is 163 Å². The van der Waals surface area contributed by atoms with E-state index in [0.29, 0.717) is 0 Å². The minimum atomic E-state index is 0. The van der Waals surface area contributed by atoms with Gasteiger partial charge in [-0.15, -0.1) is 0 Å². The Morgan fingerprint density at radius 1 is 0.463 bits per heavy atom. The summed E-state index contributed by atoms with van der Waals surface area (Å²) in [6, 6.07) is 50.3. The van der Waals surface area contributed by atoms with Crippen LogP contribution in [-0.2, 0) is 0 Å². The van der Waals surface area contributed by atoms with Gasteiger partial charge in [0, 0.05) is 39.7 Å². The molecular formula is C39H34N2. The summed E-state index contributed by atoms with van der Waals surface area (Å²) in [5, 5.41) is 5.09. The molecule has 0 aliphatic carbocycles. The average Bonchev–Trinajstić information content (AvgIpc) is 3.57. The second kappa shape index (κ2) is 10.5. The number of aromatic nitrogens is 2. The van der Waals surface area contributed by atoms with Gasteiger partial charge in [0.15, 0.2) is 0 Å². The molecule has 0 saturated heterocycles. The number of H-pyrrole nitrogens is 1. The second-order valence-corrected chi connectivity index (χ2v) is 10.6. The van der Waals surface area contributed by atoms with Gasteiger partial charge < -0.3 is 9.55 Å². The third-order valence-corrected chi connectivity index (χ3v) is 7.74. The Balaban J connectivity index is 0.000000759. The number of rotatable bonds is 3. The largest absolute Gasteiger partial charge is 0.354 e. The predicted molar refractivity (Wildman–Crippen MR) is 179 cm³/mol. The van der Waals surface area contributed by atoms with Gasteiger partial charge in [0.25, 0.3) is 0 Å². The zero-order valence-electron chi connectivity index (χ0n) is 23.4. The first-order chi connectivity index (χ1) is 20.2. The molecule has 2 heteroatoms. The van der Waals surface area contributed by atoms with Crippen LogP contribution >= 0.6 is 0 Å². The molecule has 0 atom stereocenters. The molecule has 0 amide bonds. The monoisotopic (exact) mass is 530 g/mol. The van der Waals surface area contributed by atoms with Crippen molar-refractivity contribution >= 4 is 43.6 Å². The number of fused-ring (bicyclic) bond motifs is 6. The van der Waals surface area contributed by atoms with Gasteiger partial charge in [0.2, 0.25) is 0 Å². The molecule has 0 saturated carbocycles. The third-order valence-electron chi connectivity index (χ3n) is 7.74. The fraction of sp³-hybridized carbons (Fsp3) is 0.0769. The molecule has 0 fully saturated rings. The Morgan fingerprint density at radius 2 is 1.00 bits per heavy atom. The average molecular weight is 531 g/mol. The van der Waals surface area contributed by atoms with Crippen LogP contribution in [0.1, 0.15) is 21.7 Å². The fourth-order valence-corrected chi connectivity index (χ4v) is 5.90. The molecule has 0 aliphatic heterocycles. The van der Waals surface area contributed by atoms with Gasteiger partial charge in [-0.3, -0.25) is 0 Å². The Bertz CT molecular complexity index is 2130. The minimum Gasteiger partial charge on any atom is -0.354 e. The van der Waals surface area contributed by atoms with E-state index in [9.17, 15) is 0 Å². The summed E-state index contributed by atoms with van der Waals surface area (Å²) in [5.74, 6) is 0. The van der Waals surface area contributed by atoms with E-state index >= 15 is 0 Å². The summed E-state index contributed by atoms with van der Waals surface area (Å²) in [4.78, 5) is 3.57. The third kappa shape index (κ3) is 4.38. The van der Waals surface area contributed by atoms with E-state index in [1.54, 1.807) is 0 Å². The van der Waals surface area contributed by atoms with E-state index in [1.165, 1.54) is 78.0 Å². The van der Waals surface area contributed by atoms with Gasteiger partial charge >= 0.3 is 0 Å². The van der Waals surface area contributed by atoms with Crippen LogP contribution < -0.4 is 0 Å². The first-order valence-electron chi connectivity index (χ1n) is 14.4. The lowest BCUT2D eigenvalue weighted by Gasteiger charge is -2.08. The number of hydrogen-bond donors (Lipinski definition) is 1. The Labute approximate surface area is 242 Å². The van der Waals surface area contributed by atoms with Gasteiger partial charge in [-0.25, -0.2) is 0 Å². The van der Waals surface area contributed by atoms with Crippen molar-refractivity contribution in [3.05, 3.63) is 140 Å². The number of nitrogens with zero attached hydrogens (tertiary/aromatic N) is 1. The number of aromatic amines is 1. The zero-order valence-corrected chi connectivity index (χ0v) is 23.4. The van der Waals surface area contributed by atoms with Crippen molar-refractivity contribution in [1.29, 1.82) is 0 Å². The van der Waals surface area contributed by atoms with E-state index in [-0.39, 0.29) is 1.43 Å². The lowest BCUT2D eigenvalue weighted by Crippen LogP contribution is -1.92. The standard InChI is InChI=1S/C36H24N2.C3H8.H2/c1-2-8-28(9-3-1)38-35-13-7-5-11-31(35)32-22-26(19-21-36(32)38)24-14-16-25(17-15-24)27-18-20-30-29-10-4-6-12-33(29)37-34(30)23-27;1-3-2;/h1-23,37H;3H2,1-2H3;1H. The first-order valence-corrected chi connectivity index (χ1v) is 14.4.